The van der Waals surface area contributed by atoms with Crippen LogP contribution in [0.25, 0.3) is 0 Å². The van der Waals surface area contributed by atoms with Gasteiger partial charge >= 0.3 is 6.18 Å². The lowest BCUT2D eigenvalue weighted by atomic mass is 10.1. The quantitative estimate of drug-likeness (QED) is 0.624. The van der Waals surface area contributed by atoms with Gasteiger partial charge in [-0.2, -0.15) is 18.4 Å². The van der Waals surface area contributed by atoms with Crippen molar-refractivity contribution in [3.05, 3.63) is 48.0 Å². The van der Waals surface area contributed by atoms with Crippen LogP contribution in [-0.2, 0) is 11.0 Å². The Hall–Kier alpha value is -2.50. The highest BCUT2D eigenvalue weighted by atomic mass is 32.2. The van der Waals surface area contributed by atoms with E-state index in [1.807, 2.05) is 24.0 Å². The molecule has 8 heteroatoms. The maximum absolute atomic E-state index is 13.3. The third kappa shape index (κ3) is 4.74. The molecule has 0 spiro atoms. The van der Waals surface area contributed by atoms with Gasteiger partial charge in [-0.15, -0.1) is 0 Å². The number of nitrogens with zero attached hydrogens (tertiary/aromatic N) is 3. The Morgan fingerprint density at radius 2 is 1.86 bits per heavy atom. The highest BCUT2D eigenvalue weighted by Crippen LogP contribution is 2.49. The summed E-state index contributed by atoms with van der Waals surface area (Å²) >= 11 is 1.36. The molecular formula is C21H20F3N3OS. The predicted octanol–water partition coefficient (Wildman–Crippen LogP) is 5.46. The Kier molecular flexibility index (Phi) is 6.50. The molecule has 0 N–H and O–H groups in total. The first-order valence-electron chi connectivity index (χ1n) is 9.25. The standard InChI is InChI=1S/C21H20F3N3OS/c1-2-26(12-5-11-25)13-10-20(28)27-16-6-3-4-7-18(16)29-19-9-8-15(14-17(19)27)21(22,23)24/h3-4,6-9,14H,2,5,10,12-13H2,1H3. The first-order chi connectivity index (χ1) is 13.8. The Bertz CT molecular complexity index is 939. The van der Waals surface area contributed by atoms with Gasteiger partial charge in [-0.05, 0) is 36.9 Å². The van der Waals surface area contributed by atoms with Crippen molar-refractivity contribution in [2.75, 3.05) is 24.5 Å². The molecular weight excluding hydrogens is 399 g/mol. The molecule has 0 bridgehead atoms. The second-order valence-electron chi connectivity index (χ2n) is 6.57. The maximum atomic E-state index is 13.3. The number of anilines is 2. The van der Waals surface area contributed by atoms with Crippen LogP contribution in [0.4, 0.5) is 24.5 Å². The first-order valence-corrected chi connectivity index (χ1v) is 10.1. The SMILES string of the molecule is CCN(CCC#N)CCC(=O)N1c2ccccc2Sc2ccc(C(F)(F)F)cc21. The molecule has 0 radical (unpaired) electrons. The molecule has 2 aromatic carbocycles. The predicted molar refractivity (Wildman–Crippen MR) is 106 cm³/mol. The van der Waals surface area contributed by atoms with Crippen LogP contribution in [0.5, 0.6) is 0 Å². The number of rotatable bonds is 6. The molecule has 0 saturated carbocycles. The average molecular weight is 419 g/mol. The second-order valence-corrected chi connectivity index (χ2v) is 7.66. The number of hydrogen-bond acceptors (Lipinski definition) is 4. The average Bonchev–Trinajstić information content (AvgIpc) is 2.70. The van der Waals surface area contributed by atoms with Crippen molar-refractivity contribution < 1.29 is 18.0 Å². The van der Waals surface area contributed by atoms with Gasteiger partial charge in [0.25, 0.3) is 0 Å². The zero-order valence-electron chi connectivity index (χ0n) is 15.9. The number of carbonyl (C=O) groups excluding carboxylic acids is 1. The molecule has 0 atom stereocenters. The Morgan fingerprint density at radius 1 is 1.14 bits per heavy atom. The number of amides is 1. The van der Waals surface area contributed by atoms with Gasteiger partial charge in [-0.25, -0.2) is 0 Å². The summed E-state index contributed by atoms with van der Waals surface area (Å²) in [4.78, 5) is 17.9. The Labute approximate surface area is 171 Å². The van der Waals surface area contributed by atoms with E-state index in [1.165, 1.54) is 22.7 Å². The number of alkyl halides is 3. The van der Waals surface area contributed by atoms with E-state index in [1.54, 1.807) is 12.1 Å². The molecule has 0 aliphatic carbocycles. The van der Waals surface area contributed by atoms with Crippen LogP contribution in [-0.4, -0.2) is 30.4 Å². The fourth-order valence-electron chi connectivity index (χ4n) is 3.20. The number of carbonyl (C=O) groups is 1. The third-order valence-electron chi connectivity index (χ3n) is 4.73. The molecule has 1 aliphatic rings. The summed E-state index contributed by atoms with van der Waals surface area (Å²) in [6, 6.07) is 12.8. The van der Waals surface area contributed by atoms with Crippen LogP contribution in [0, 0.1) is 11.3 Å². The van der Waals surface area contributed by atoms with E-state index in [9.17, 15) is 18.0 Å². The number of para-hydroxylation sites is 1. The lowest BCUT2D eigenvalue weighted by molar-refractivity contribution is -0.137. The summed E-state index contributed by atoms with van der Waals surface area (Å²) in [5, 5.41) is 8.76. The van der Waals surface area contributed by atoms with Crippen LogP contribution in [0.1, 0.15) is 25.3 Å². The van der Waals surface area contributed by atoms with Crippen molar-refractivity contribution in [2.45, 2.75) is 35.7 Å². The highest BCUT2D eigenvalue weighted by molar-refractivity contribution is 7.99. The van der Waals surface area contributed by atoms with Gasteiger partial charge in [-0.1, -0.05) is 30.8 Å². The van der Waals surface area contributed by atoms with Crippen molar-refractivity contribution in [1.29, 1.82) is 5.26 Å². The van der Waals surface area contributed by atoms with Crippen LogP contribution < -0.4 is 4.90 Å². The Morgan fingerprint density at radius 3 is 2.55 bits per heavy atom. The fourth-order valence-corrected chi connectivity index (χ4v) is 4.24. The summed E-state index contributed by atoms with van der Waals surface area (Å²) in [6.07, 6.45) is -3.97. The van der Waals surface area contributed by atoms with Crippen LogP contribution in [0.2, 0.25) is 0 Å². The zero-order chi connectivity index (χ0) is 21.0. The molecule has 1 heterocycles. The number of fused-ring (bicyclic) bond motifs is 2. The van der Waals surface area contributed by atoms with E-state index in [4.69, 9.17) is 5.26 Å². The van der Waals surface area contributed by atoms with E-state index in [0.29, 0.717) is 36.6 Å². The second kappa shape index (κ2) is 8.89. The number of halogens is 3. The number of nitriles is 1. The Balaban J connectivity index is 1.93. The van der Waals surface area contributed by atoms with Gasteiger partial charge < -0.3 is 4.90 Å². The molecule has 2 aromatic rings. The minimum Gasteiger partial charge on any atom is -0.302 e. The lowest BCUT2D eigenvalue weighted by Crippen LogP contribution is -2.33. The topological polar surface area (TPSA) is 47.3 Å². The third-order valence-corrected chi connectivity index (χ3v) is 5.86. The number of benzene rings is 2. The van der Waals surface area contributed by atoms with Gasteiger partial charge in [0.05, 0.1) is 23.0 Å². The summed E-state index contributed by atoms with van der Waals surface area (Å²) in [6.45, 7) is 3.63. The van der Waals surface area contributed by atoms with E-state index in [2.05, 4.69) is 6.07 Å². The molecule has 1 aliphatic heterocycles. The number of hydrogen-bond donors (Lipinski definition) is 0. The van der Waals surface area contributed by atoms with Gasteiger partial charge in [0.1, 0.15) is 0 Å². The summed E-state index contributed by atoms with van der Waals surface area (Å²) < 4.78 is 39.8. The fraction of sp³-hybridized carbons (Fsp3) is 0.333. The molecule has 0 unspecified atom stereocenters. The highest BCUT2D eigenvalue weighted by Gasteiger charge is 2.34. The van der Waals surface area contributed by atoms with E-state index >= 15 is 0 Å². The largest absolute Gasteiger partial charge is 0.416 e. The van der Waals surface area contributed by atoms with Gasteiger partial charge in [0.2, 0.25) is 5.91 Å². The van der Waals surface area contributed by atoms with Crippen LogP contribution in [0.3, 0.4) is 0 Å². The minimum absolute atomic E-state index is 0.147. The monoisotopic (exact) mass is 419 g/mol. The van der Waals surface area contributed by atoms with Gasteiger partial charge in [0, 0.05) is 35.7 Å². The molecule has 0 saturated heterocycles. The lowest BCUT2D eigenvalue weighted by Gasteiger charge is -2.32. The van der Waals surface area contributed by atoms with E-state index in [-0.39, 0.29) is 18.0 Å². The summed E-state index contributed by atoms with van der Waals surface area (Å²) in [7, 11) is 0. The van der Waals surface area contributed by atoms with Gasteiger partial charge in [0.15, 0.2) is 0 Å². The maximum Gasteiger partial charge on any atom is 0.416 e. The molecule has 29 heavy (non-hydrogen) atoms. The van der Waals surface area contributed by atoms with Crippen molar-refractivity contribution in [2.24, 2.45) is 0 Å². The van der Waals surface area contributed by atoms with E-state index in [0.717, 1.165) is 17.0 Å². The molecule has 0 aromatic heterocycles. The molecule has 4 nitrogen and oxygen atoms in total. The van der Waals surface area contributed by atoms with Gasteiger partial charge in [-0.3, -0.25) is 9.69 Å². The smallest absolute Gasteiger partial charge is 0.302 e. The molecule has 0 fully saturated rings. The normalized spacial score (nSPS) is 13.0. The zero-order valence-corrected chi connectivity index (χ0v) is 16.7. The van der Waals surface area contributed by atoms with Crippen molar-refractivity contribution >= 4 is 29.0 Å². The molecule has 3 rings (SSSR count). The van der Waals surface area contributed by atoms with Crippen molar-refractivity contribution in [3.8, 4) is 6.07 Å². The summed E-state index contributed by atoms with van der Waals surface area (Å²) in [5.41, 5.74) is 0.0706. The van der Waals surface area contributed by atoms with Crippen LogP contribution in [0.15, 0.2) is 52.3 Å². The van der Waals surface area contributed by atoms with Crippen molar-refractivity contribution in [3.63, 3.8) is 0 Å². The minimum atomic E-state index is -4.48. The van der Waals surface area contributed by atoms with E-state index < -0.39 is 11.7 Å². The molecule has 1 amide bonds. The summed E-state index contributed by atoms with van der Waals surface area (Å²) in [5.74, 6) is -0.270. The van der Waals surface area contributed by atoms with Crippen molar-refractivity contribution in [1.82, 2.24) is 4.90 Å². The first kappa shape index (κ1) is 21.2. The molecule has 152 valence electrons. The van der Waals surface area contributed by atoms with Crippen LogP contribution >= 0.6 is 11.8 Å².